The van der Waals surface area contributed by atoms with Crippen molar-refractivity contribution in [1.29, 1.82) is 0 Å². The topological polar surface area (TPSA) is 42.9 Å². The zero-order valence-electron chi connectivity index (χ0n) is 8.43. The van der Waals surface area contributed by atoms with Gasteiger partial charge in [-0.15, -0.1) is 0 Å². The van der Waals surface area contributed by atoms with Crippen LogP contribution in [0.25, 0.3) is 0 Å². The fourth-order valence-electron chi connectivity index (χ4n) is 1.35. The summed E-state index contributed by atoms with van der Waals surface area (Å²) in [6, 6.07) is 6.28. The summed E-state index contributed by atoms with van der Waals surface area (Å²) in [5.41, 5.74) is 1.24. The second kappa shape index (κ2) is 4.61. The predicted octanol–water partition coefficient (Wildman–Crippen LogP) is 2.02. The first-order valence-electron chi connectivity index (χ1n) is 4.78. The smallest absolute Gasteiger partial charge is 0.153 e. The van der Waals surface area contributed by atoms with E-state index in [1.165, 1.54) is 24.5 Å². The van der Waals surface area contributed by atoms with Gasteiger partial charge in [-0.3, -0.25) is 4.79 Å². The van der Waals surface area contributed by atoms with Crippen molar-refractivity contribution >= 4 is 6.29 Å². The molecule has 0 saturated heterocycles. The van der Waals surface area contributed by atoms with Crippen LogP contribution in [0.15, 0.2) is 36.7 Å². The van der Waals surface area contributed by atoms with E-state index in [0.717, 1.165) is 5.56 Å². The number of nitrogens with zero attached hydrogens (tertiary/aromatic N) is 2. The van der Waals surface area contributed by atoms with E-state index in [1.807, 2.05) is 0 Å². The Labute approximate surface area is 92.0 Å². The molecule has 0 N–H and O–H groups in total. The highest BCUT2D eigenvalue weighted by Gasteiger charge is 2.00. The zero-order valence-corrected chi connectivity index (χ0v) is 8.43. The van der Waals surface area contributed by atoms with Gasteiger partial charge in [-0.25, -0.2) is 14.4 Å². The van der Waals surface area contributed by atoms with E-state index in [0.29, 0.717) is 24.1 Å². The van der Waals surface area contributed by atoms with Crippen LogP contribution < -0.4 is 0 Å². The van der Waals surface area contributed by atoms with Gasteiger partial charge in [0.25, 0.3) is 0 Å². The van der Waals surface area contributed by atoms with Gasteiger partial charge in [-0.1, -0.05) is 12.1 Å². The van der Waals surface area contributed by atoms with E-state index in [2.05, 4.69) is 9.97 Å². The minimum atomic E-state index is -0.276. The third-order valence-corrected chi connectivity index (χ3v) is 2.11. The Kier molecular flexibility index (Phi) is 3.00. The summed E-state index contributed by atoms with van der Waals surface area (Å²) in [6.45, 7) is 0. The molecule has 0 atom stereocenters. The molecule has 80 valence electrons. The fraction of sp³-hybridized carbons (Fsp3) is 0.0833. The Morgan fingerprint density at radius 1 is 1.25 bits per heavy atom. The SMILES string of the molecule is O=Cc1cnc(Cc2cccc(F)c2)nc1. The molecule has 0 unspecified atom stereocenters. The van der Waals surface area contributed by atoms with Crippen molar-refractivity contribution in [2.24, 2.45) is 0 Å². The van der Waals surface area contributed by atoms with Gasteiger partial charge in [0.15, 0.2) is 6.29 Å². The highest BCUT2D eigenvalue weighted by molar-refractivity contribution is 5.73. The third kappa shape index (κ3) is 2.48. The lowest BCUT2D eigenvalue weighted by atomic mass is 10.1. The molecule has 0 bridgehead atoms. The quantitative estimate of drug-likeness (QED) is 0.737. The highest BCUT2D eigenvalue weighted by atomic mass is 19.1. The monoisotopic (exact) mass is 216 g/mol. The number of benzene rings is 1. The molecule has 0 spiro atoms. The number of halogens is 1. The van der Waals surface area contributed by atoms with Crippen LogP contribution in [0.2, 0.25) is 0 Å². The Bertz CT molecular complexity index is 497. The van der Waals surface area contributed by atoms with Gasteiger partial charge in [0.1, 0.15) is 11.6 Å². The molecule has 1 aromatic carbocycles. The molecule has 0 aliphatic heterocycles. The minimum Gasteiger partial charge on any atom is -0.298 e. The van der Waals surface area contributed by atoms with E-state index in [9.17, 15) is 9.18 Å². The third-order valence-electron chi connectivity index (χ3n) is 2.11. The van der Waals surface area contributed by atoms with Crippen LogP contribution in [0.5, 0.6) is 0 Å². The van der Waals surface area contributed by atoms with Crippen LogP contribution in [0.3, 0.4) is 0 Å². The molecule has 2 aromatic rings. The number of rotatable bonds is 3. The van der Waals surface area contributed by atoms with E-state index in [4.69, 9.17) is 0 Å². The number of hydrogen-bond acceptors (Lipinski definition) is 3. The number of aldehydes is 1. The van der Waals surface area contributed by atoms with Crippen molar-refractivity contribution in [3.63, 3.8) is 0 Å². The summed E-state index contributed by atoms with van der Waals surface area (Å²) in [4.78, 5) is 18.4. The van der Waals surface area contributed by atoms with Crippen molar-refractivity contribution in [3.8, 4) is 0 Å². The molecular formula is C12H9FN2O. The Balaban J connectivity index is 2.17. The van der Waals surface area contributed by atoms with Crippen LogP contribution >= 0.6 is 0 Å². The van der Waals surface area contributed by atoms with Crippen molar-refractivity contribution in [2.45, 2.75) is 6.42 Å². The number of hydrogen-bond donors (Lipinski definition) is 0. The zero-order chi connectivity index (χ0) is 11.4. The second-order valence-corrected chi connectivity index (χ2v) is 3.36. The maximum atomic E-state index is 12.9. The van der Waals surface area contributed by atoms with Crippen LogP contribution in [-0.2, 0) is 6.42 Å². The van der Waals surface area contributed by atoms with Gasteiger partial charge < -0.3 is 0 Å². The lowest BCUT2D eigenvalue weighted by Crippen LogP contribution is -1.97. The fourth-order valence-corrected chi connectivity index (χ4v) is 1.35. The average Bonchev–Trinajstić information content (AvgIpc) is 2.30. The molecule has 0 fully saturated rings. The molecule has 0 radical (unpaired) electrons. The standard InChI is InChI=1S/C12H9FN2O/c13-11-3-1-2-9(4-11)5-12-14-6-10(8-16)7-15-12/h1-4,6-8H,5H2. The summed E-state index contributed by atoms with van der Waals surface area (Å²) in [5, 5.41) is 0. The number of carbonyl (C=O) groups is 1. The van der Waals surface area contributed by atoms with Crippen LogP contribution in [0.1, 0.15) is 21.7 Å². The Morgan fingerprint density at radius 2 is 2.00 bits per heavy atom. The maximum Gasteiger partial charge on any atom is 0.153 e. The molecule has 0 saturated carbocycles. The first-order valence-corrected chi connectivity index (χ1v) is 4.78. The van der Waals surface area contributed by atoms with Crippen LogP contribution in [-0.4, -0.2) is 16.3 Å². The van der Waals surface area contributed by atoms with E-state index in [-0.39, 0.29) is 5.82 Å². The van der Waals surface area contributed by atoms with Crippen molar-refractivity contribution in [2.75, 3.05) is 0 Å². The van der Waals surface area contributed by atoms with Crippen LogP contribution in [0.4, 0.5) is 4.39 Å². The van der Waals surface area contributed by atoms with Crippen LogP contribution in [0, 0.1) is 5.82 Å². The normalized spacial score (nSPS) is 10.1. The minimum absolute atomic E-state index is 0.276. The summed E-state index contributed by atoms with van der Waals surface area (Å²) in [6.07, 6.45) is 4.05. The average molecular weight is 216 g/mol. The van der Waals surface area contributed by atoms with E-state index < -0.39 is 0 Å². The molecule has 0 aliphatic rings. The van der Waals surface area contributed by atoms with Gasteiger partial charge in [-0.2, -0.15) is 0 Å². The Morgan fingerprint density at radius 3 is 2.62 bits per heavy atom. The molecule has 0 amide bonds. The van der Waals surface area contributed by atoms with Crippen molar-refractivity contribution in [3.05, 3.63) is 59.4 Å². The molecule has 3 nitrogen and oxygen atoms in total. The molecule has 1 heterocycles. The van der Waals surface area contributed by atoms with Crippen molar-refractivity contribution in [1.82, 2.24) is 9.97 Å². The van der Waals surface area contributed by atoms with Gasteiger partial charge in [0, 0.05) is 18.8 Å². The predicted molar refractivity (Wildman–Crippen MR) is 56.6 cm³/mol. The van der Waals surface area contributed by atoms with E-state index >= 15 is 0 Å². The highest BCUT2D eigenvalue weighted by Crippen LogP contribution is 2.07. The largest absolute Gasteiger partial charge is 0.298 e. The van der Waals surface area contributed by atoms with Crippen molar-refractivity contribution < 1.29 is 9.18 Å². The number of aromatic nitrogens is 2. The molecule has 2 rings (SSSR count). The lowest BCUT2D eigenvalue weighted by Gasteiger charge is -2.00. The van der Waals surface area contributed by atoms with E-state index in [1.54, 1.807) is 12.1 Å². The molecular weight excluding hydrogens is 207 g/mol. The second-order valence-electron chi connectivity index (χ2n) is 3.36. The summed E-state index contributed by atoms with van der Waals surface area (Å²) >= 11 is 0. The molecule has 0 aliphatic carbocycles. The molecule has 16 heavy (non-hydrogen) atoms. The molecule has 4 heteroatoms. The summed E-state index contributed by atoms with van der Waals surface area (Å²) in [7, 11) is 0. The van der Waals surface area contributed by atoms with Gasteiger partial charge in [-0.05, 0) is 17.7 Å². The summed E-state index contributed by atoms with van der Waals surface area (Å²) < 4.78 is 12.9. The maximum absolute atomic E-state index is 12.9. The van der Waals surface area contributed by atoms with Gasteiger partial charge in [0.2, 0.25) is 0 Å². The first-order chi connectivity index (χ1) is 7.78. The Hall–Kier alpha value is -2.10. The molecule has 1 aromatic heterocycles. The number of carbonyl (C=O) groups excluding carboxylic acids is 1. The van der Waals surface area contributed by atoms with Gasteiger partial charge in [0.05, 0.1) is 5.56 Å². The van der Waals surface area contributed by atoms with Gasteiger partial charge >= 0.3 is 0 Å². The summed E-state index contributed by atoms with van der Waals surface area (Å²) in [5.74, 6) is 0.290. The first kappa shape index (κ1) is 10.4. The lowest BCUT2D eigenvalue weighted by molar-refractivity contribution is 0.112.